The molecule has 0 saturated carbocycles. The number of nitrogens with zero attached hydrogens (tertiary/aromatic N) is 3. The average molecular weight is 593 g/mol. The van der Waals surface area contributed by atoms with Crippen LogP contribution in [0.5, 0.6) is 11.5 Å². The predicted octanol–water partition coefficient (Wildman–Crippen LogP) is 3.86. The van der Waals surface area contributed by atoms with Gasteiger partial charge in [0.2, 0.25) is 5.91 Å². The molecule has 0 radical (unpaired) electrons. The lowest BCUT2D eigenvalue weighted by Crippen LogP contribution is -2.42. The van der Waals surface area contributed by atoms with E-state index in [2.05, 4.69) is 10.2 Å². The summed E-state index contributed by atoms with van der Waals surface area (Å²) < 4.78 is 22.3. The molecule has 222 valence electrons. The summed E-state index contributed by atoms with van der Waals surface area (Å²) in [4.78, 5) is 35.8. The van der Waals surface area contributed by atoms with Crippen molar-refractivity contribution in [3.63, 3.8) is 0 Å². The first kappa shape index (κ1) is 29.7. The molecule has 1 N–H and O–H groups in total. The number of carbonyl (C=O) groups excluding carboxylic acids is 2. The van der Waals surface area contributed by atoms with Crippen molar-refractivity contribution in [1.29, 1.82) is 0 Å². The number of rotatable bonds is 11. The normalized spacial score (nSPS) is 18.6. The Kier molecular flexibility index (Phi) is 9.83. The molecule has 0 bridgehead atoms. The van der Waals surface area contributed by atoms with Crippen LogP contribution in [0.15, 0.2) is 75.9 Å². The third-order valence-electron chi connectivity index (χ3n) is 7.32. The Morgan fingerprint density at radius 1 is 1.07 bits per heavy atom. The molecule has 0 aromatic heterocycles. The highest BCUT2D eigenvalue weighted by Gasteiger charge is 2.41. The fraction of sp³-hybridized carbons (Fsp3) is 0.387. The maximum atomic E-state index is 13.7. The summed E-state index contributed by atoms with van der Waals surface area (Å²) in [5.41, 5.74) is 3.34. The van der Waals surface area contributed by atoms with Crippen molar-refractivity contribution >= 4 is 28.8 Å². The van der Waals surface area contributed by atoms with Gasteiger partial charge >= 0.3 is 5.97 Å². The SMILES string of the molecule is COc1cc(OC)cc([C@H]2C(C(=O)OCc3ccccc3)=C(C)N=C3SC=C(CC(=O)NCCN4CCOCC4)N32)c1. The Morgan fingerprint density at radius 3 is 2.48 bits per heavy atom. The van der Waals surface area contributed by atoms with Crippen molar-refractivity contribution in [2.75, 3.05) is 53.6 Å². The third-order valence-corrected chi connectivity index (χ3v) is 8.21. The summed E-state index contributed by atoms with van der Waals surface area (Å²) in [6, 6.07) is 14.5. The number of hydrogen-bond acceptors (Lipinski definition) is 10. The summed E-state index contributed by atoms with van der Waals surface area (Å²) in [5.74, 6) is 0.595. The van der Waals surface area contributed by atoms with E-state index in [4.69, 9.17) is 23.9 Å². The van der Waals surface area contributed by atoms with Gasteiger partial charge in [-0.2, -0.15) is 0 Å². The van der Waals surface area contributed by atoms with Crippen molar-refractivity contribution in [3.8, 4) is 11.5 Å². The van der Waals surface area contributed by atoms with E-state index >= 15 is 0 Å². The number of esters is 1. The number of fused-ring (bicyclic) bond motifs is 1. The first-order valence-electron chi connectivity index (χ1n) is 13.9. The van der Waals surface area contributed by atoms with Gasteiger partial charge in [-0.1, -0.05) is 42.1 Å². The summed E-state index contributed by atoms with van der Waals surface area (Å²) in [5, 5.41) is 5.66. The highest BCUT2D eigenvalue weighted by atomic mass is 32.2. The van der Waals surface area contributed by atoms with Gasteiger partial charge in [0.15, 0.2) is 5.17 Å². The first-order chi connectivity index (χ1) is 20.5. The molecule has 0 unspecified atom stereocenters. The smallest absolute Gasteiger partial charge is 0.338 e. The Morgan fingerprint density at radius 2 is 1.79 bits per heavy atom. The molecule has 0 spiro atoms. The maximum absolute atomic E-state index is 13.7. The van der Waals surface area contributed by atoms with Crippen LogP contribution >= 0.6 is 11.8 Å². The number of benzene rings is 2. The number of amides is 1. The lowest BCUT2D eigenvalue weighted by Gasteiger charge is -2.36. The number of morpholine rings is 1. The molecule has 3 aliphatic rings. The number of carbonyl (C=O) groups is 2. The molecule has 3 heterocycles. The maximum Gasteiger partial charge on any atom is 0.338 e. The molecule has 2 aromatic rings. The van der Waals surface area contributed by atoms with Gasteiger partial charge < -0.3 is 29.2 Å². The number of thioether (sulfide) groups is 1. The molecule has 1 atom stereocenters. The zero-order valence-corrected chi connectivity index (χ0v) is 24.9. The lowest BCUT2D eigenvalue weighted by atomic mass is 9.93. The quantitative estimate of drug-likeness (QED) is 0.390. The van der Waals surface area contributed by atoms with Crippen molar-refractivity contribution in [3.05, 3.63) is 82.0 Å². The molecule has 1 fully saturated rings. The van der Waals surface area contributed by atoms with Crippen LogP contribution in [0.3, 0.4) is 0 Å². The molecule has 11 heteroatoms. The second-order valence-corrected chi connectivity index (χ2v) is 10.9. The highest BCUT2D eigenvalue weighted by molar-refractivity contribution is 8.16. The Balaban J connectivity index is 1.40. The molecule has 1 saturated heterocycles. The van der Waals surface area contributed by atoms with Gasteiger partial charge in [-0.05, 0) is 35.6 Å². The monoisotopic (exact) mass is 592 g/mol. The van der Waals surface area contributed by atoms with E-state index in [9.17, 15) is 9.59 Å². The van der Waals surface area contributed by atoms with E-state index in [0.717, 1.165) is 36.5 Å². The Bertz CT molecular complexity index is 1360. The van der Waals surface area contributed by atoms with Crippen LogP contribution in [-0.4, -0.2) is 80.5 Å². The highest BCUT2D eigenvalue weighted by Crippen LogP contribution is 2.46. The molecule has 10 nitrogen and oxygen atoms in total. The van der Waals surface area contributed by atoms with Gasteiger partial charge in [0.05, 0.1) is 51.2 Å². The fourth-order valence-electron chi connectivity index (χ4n) is 5.14. The minimum absolute atomic E-state index is 0.0992. The number of allylic oxidation sites excluding steroid dienone is 1. The minimum atomic E-state index is -0.604. The summed E-state index contributed by atoms with van der Waals surface area (Å²) >= 11 is 1.43. The van der Waals surface area contributed by atoms with E-state index in [0.29, 0.717) is 47.7 Å². The second kappa shape index (κ2) is 13.9. The molecule has 3 aliphatic heterocycles. The minimum Gasteiger partial charge on any atom is -0.497 e. The van der Waals surface area contributed by atoms with Crippen molar-refractivity contribution in [2.45, 2.75) is 26.0 Å². The summed E-state index contributed by atoms with van der Waals surface area (Å²) in [6.45, 7) is 6.42. The zero-order chi connectivity index (χ0) is 29.5. The van der Waals surface area contributed by atoms with Crippen molar-refractivity contribution < 1.29 is 28.5 Å². The van der Waals surface area contributed by atoms with Crippen LogP contribution in [0.4, 0.5) is 0 Å². The second-order valence-electron chi connectivity index (χ2n) is 10.1. The number of aliphatic imine (C=N–C) groups is 1. The number of ether oxygens (including phenoxy) is 4. The number of methoxy groups -OCH3 is 2. The summed E-state index contributed by atoms with van der Waals surface area (Å²) in [7, 11) is 3.17. The van der Waals surface area contributed by atoms with Gasteiger partial charge in [-0.3, -0.25) is 9.69 Å². The predicted molar refractivity (Wildman–Crippen MR) is 161 cm³/mol. The number of nitrogens with one attached hydrogen (secondary N) is 1. The van der Waals surface area contributed by atoms with Gasteiger partial charge in [-0.25, -0.2) is 9.79 Å². The van der Waals surface area contributed by atoms with E-state index < -0.39 is 12.0 Å². The van der Waals surface area contributed by atoms with Crippen LogP contribution in [0.2, 0.25) is 0 Å². The number of hydrogen-bond donors (Lipinski definition) is 1. The topological polar surface area (TPSA) is 102 Å². The van der Waals surface area contributed by atoms with Crippen LogP contribution in [0.25, 0.3) is 0 Å². The molecule has 1 amide bonds. The molecular formula is C31H36N4O6S. The van der Waals surface area contributed by atoms with E-state index in [1.54, 1.807) is 20.3 Å². The van der Waals surface area contributed by atoms with Gasteiger partial charge in [0, 0.05) is 37.9 Å². The standard InChI is InChI=1S/C31H36N4O6S/c1-21-28(30(37)41-19-22-7-5-4-6-8-22)29(23-15-25(38-2)18-26(16-23)39-3)35-24(20-42-31(35)33-21)17-27(36)32-9-10-34-11-13-40-14-12-34/h4-8,15-16,18,20,29H,9-14,17,19H2,1-3H3,(H,32,36)/t29-/m0/s1. The van der Waals surface area contributed by atoms with Crippen LogP contribution in [-0.2, 0) is 25.7 Å². The molecular weight excluding hydrogens is 556 g/mol. The number of amidine groups is 1. The molecule has 0 aliphatic carbocycles. The molecule has 42 heavy (non-hydrogen) atoms. The van der Waals surface area contributed by atoms with Gasteiger partial charge in [0.25, 0.3) is 0 Å². The zero-order valence-electron chi connectivity index (χ0n) is 24.1. The van der Waals surface area contributed by atoms with Crippen LogP contribution in [0.1, 0.15) is 30.5 Å². The fourth-order valence-corrected chi connectivity index (χ4v) is 6.10. The van der Waals surface area contributed by atoms with Crippen molar-refractivity contribution in [2.24, 2.45) is 4.99 Å². The third kappa shape index (κ3) is 6.97. The van der Waals surface area contributed by atoms with Crippen LogP contribution in [0, 0.1) is 0 Å². The lowest BCUT2D eigenvalue weighted by molar-refractivity contribution is -0.141. The largest absolute Gasteiger partial charge is 0.497 e. The van der Waals surface area contributed by atoms with E-state index in [-0.39, 0.29) is 18.9 Å². The van der Waals surface area contributed by atoms with E-state index in [1.165, 1.54) is 11.8 Å². The van der Waals surface area contributed by atoms with E-state index in [1.807, 2.05) is 59.7 Å². The summed E-state index contributed by atoms with van der Waals surface area (Å²) in [6.07, 6.45) is 0.137. The van der Waals surface area contributed by atoms with Crippen LogP contribution < -0.4 is 14.8 Å². The Hall–Kier alpha value is -3.80. The van der Waals surface area contributed by atoms with Crippen molar-refractivity contribution in [1.82, 2.24) is 15.1 Å². The molecule has 5 rings (SSSR count). The average Bonchev–Trinajstić information content (AvgIpc) is 3.41. The first-order valence-corrected chi connectivity index (χ1v) is 14.8. The van der Waals surface area contributed by atoms with Gasteiger partial charge in [-0.15, -0.1) is 0 Å². The van der Waals surface area contributed by atoms with Gasteiger partial charge in [0.1, 0.15) is 18.1 Å². The molecule has 2 aromatic carbocycles. The Labute approximate surface area is 250 Å².